The Balaban J connectivity index is 1.54. The highest BCUT2D eigenvalue weighted by atomic mass is 35.5. The van der Waals surface area contributed by atoms with E-state index in [0.29, 0.717) is 48.1 Å². The van der Waals surface area contributed by atoms with Gasteiger partial charge in [0, 0.05) is 42.1 Å². The number of benzene rings is 1. The number of aliphatic imine (C=N–C) groups is 1. The Kier molecular flexibility index (Phi) is 8.46. The summed E-state index contributed by atoms with van der Waals surface area (Å²) < 4.78 is 10.8. The molecule has 0 aliphatic heterocycles. The second kappa shape index (κ2) is 11.5. The lowest BCUT2D eigenvalue weighted by molar-refractivity contribution is 0.372. The van der Waals surface area contributed by atoms with E-state index in [1.54, 1.807) is 0 Å². The van der Waals surface area contributed by atoms with E-state index in [1.807, 2.05) is 37.3 Å². The number of hydrogen-bond acceptors (Lipinski definition) is 6. The maximum atomic E-state index is 6.03. The molecule has 2 heterocycles. The predicted octanol–water partition coefficient (Wildman–Crippen LogP) is 4.58. The first kappa shape index (κ1) is 22.8. The molecule has 3 aromatic rings. The Bertz CT molecular complexity index is 980. The third kappa shape index (κ3) is 6.55. The average Bonchev–Trinajstić information content (AvgIpc) is 3.43. The summed E-state index contributed by atoms with van der Waals surface area (Å²) in [7, 11) is 0. The van der Waals surface area contributed by atoms with Gasteiger partial charge in [-0.1, -0.05) is 47.9 Å². The predicted molar refractivity (Wildman–Crippen MR) is 121 cm³/mol. The summed E-state index contributed by atoms with van der Waals surface area (Å²) in [6.07, 6.45) is 2.66. The van der Waals surface area contributed by atoms with E-state index in [1.165, 1.54) is 0 Å². The molecule has 2 aromatic heterocycles. The second-order valence-electron chi connectivity index (χ2n) is 7.13. The van der Waals surface area contributed by atoms with Gasteiger partial charge in [0.05, 0.1) is 5.69 Å². The van der Waals surface area contributed by atoms with Crippen LogP contribution in [0.2, 0.25) is 5.02 Å². The summed E-state index contributed by atoms with van der Waals surface area (Å²) in [6, 6.07) is 9.37. The van der Waals surface area contributed by atoms with Crippen molar-refractivity contribution in [2.45, 2.75) is 52.5 Å². The van der Waals surface area contributed by atoms with Crippen LogP contribution < -0.4 is 10.6 Å². The Morgan fingerprint density at radius 2 is 1.94 bits per heavy atom. The van der Waals surface area contributed by atoms with Gasteiger partial charge in [-0.2, -0.15) is 4.98 Å². The molecular formula is C22H29ClN6O2. The Morgan fingerprint density at radius 1 is 1.10 bits per heavy atom. The molecule has 0 aliphatic rings. The van der Waals surface area contributed by atoms with Gasteiger partial charge in [0.2, 0.25) is 11.7 Å². The van der Waals surface area contributed by atoms with Crippen LogP contribution in [0.5, 0.6) is 0 Å². The lowest BCUT2D eigenvalue weighted by Crippen LogP contribution is -2.38. The molecule has 166 valence electrons. The fraction of sp³-hybridized carbons (Fsp3) is 0.455. The molecular weight excluding hydrogens is 416 g/mol. The molecule has 0 fully saturated rings. The van der Waals surface area contributed by atoms with Crippen LogP contribution in [-0.2, 0) is 13.0 Å². The quantitative estimate of drug-likeness (QED) is 0.348. The van der Waals surface area contributed by atoms with Crippen LogP contribution in [0.15, 0.2) is 44.4 Å². The van der Waals surface area contributed by atoms with Crippen LogP contribution in [0.3, 0.4) is 0 Å². The second-order valence-corrected chi connectivity index (χ2v) is 7.56. The van der Waals surface area contributed by atoms with Gasteiger partial charge >= 0.3 is 0 Å². The highest BCUT2D eigenvalue weighted by molar-refractivity contribution is 6.30. The molecule has 0 spiro atoms. The molecule has 0 saturated heterocycles. The number of nitrogens with zero attached hydrogens (tertiary/aromatic N) is 4. The van der Waals surface area contributed by atoms with Crippen molar-refractivity contribution in [1.82, 2.24) is 25.9 Å². The number of guanidine groups is 1. The van der Waals surface area contributed by atoms with Crippen molar-refractivity contribution in [2.24, 2.45) is 4.99 Å². The Hall–Kier alpha value is -2.87. The normalized spacial score (nSPS) is 11.8. The summed E-state index contributed by atoms with van der Waals surface area (Å²) in [5.74, 6) is 2.94. The molecule has 3 rings (SSSR count). The smallest absolute Gasteiger partial charge is 0.228 e. The van der Waals surface area contributed by atoms with Crippen LogP contribution in [-0.4, -0.2) is 34.3 Å². The van der Waals surface area contributed by atoms with Crippen LogP contribution in [0.25, 0.3) is 11.4 Å². The van der Waals surface area contributed by atoms with Crippen LogP contribution in [0, 0.1) is 0 Å². The van der Waals surface area contributed by atoms with E-state index in [4.69, 9.17) is 20.6 Å². The number of halogens is 1. The van der Waals surface area contributed by atoms with Gasteiger partial charge in [0.1, 0.15) is 6.54 Å². The van der Waals surface area contributed by atoms with E-state index in [2.05, 4.69) is 44.8 Å². The standard InChI is InChI=1S/C22H29ClN6O2/c1-4-15(5-2)19-13-18(30-28-19)14-26-22(24-6-3)25-11-10-20-27-21(29-31-20)16-8-7-9-17(23)12-16/h7-9,12-13,15H,4-6,10-11,14H2,1-3H3,(H2,24,25,26). The van der Waals surface area contributed by atoms with E-state index >= 15 is 0 Å². The zero-order valence-corrected chi connectivity index (χ0v) is 18.9. The van der Waals surface area contributed by atoms with E-state index in [0.717, 1.165) is 36.4 Å². The lowest BCUT2D eigenvalue weighted by Gasteiger charge is -2.09. The minimum atomic E-state index is 0.419. The topological polar surface area (TPSA) is 101 Å². The highest BCUT2D eigenvalue weighted by Gasteiger charge is 2.13. The van der Waals surface area contributed by atoms with Gasteiger partial charge in [-0.3, -0.25) is 0 Å². The Labute approximate surface area is 187 Å². The minimum absolute atomic E-state index is 0.419. The summed E-state index contributed by atoms with van der Waals surface area (Å²) in [5.41, 5.74) is 1.82. The first-order valence-corrected chi connectivity index (χ1v) is 11.1. The molecule has 0 saturated carbocycles. The van der Waals surface area contributed by atoms with E-state index in [-0.39, 0.29) is 0 Å². The largest absolute Gasteiger partial charge is 0.359 e. The molecule has 0 amide bonds. The molecule has 0 aliphatic carbocycles. The van der Waals surface area contributed by atoms with E-state index < -0.39 is 0 Å². The van der Waals surface area contributed by atoms with Crippen molar-refractivity contribution in [3.63, 3.8) is 0 Å². The zero-order chi connectivity index (χ0) is 22.1. The van der Waals surface area contributed by atoms with Crippen LogP contribution in [0.1, 0.15) is 56.9 Å². The fourth-order valence-corrected chi connectivity index (χ4v) is 3.38. The highest BCUT2D eigenvalue weighted by Crippen LogP contribution is 2.22. The first-order chi connectivity index (χ1) is 15.1. The van der Waals surface area contributed by atoms with Gasteiger partial charge in [-0.05, 0) is 31.9 Å². The summed E-state index contributed by atoms with van der Waals surface area (Å²) in [4.78, 5) is 9.01. The van der Waals surface area contributed by atoms with Crippen molar-refractivity contribution in [3.8, 4) is 11.4 Å². The number of nitrogens with one attached hydrogen (secondary N) is 2. The third-order valence-electron chi connectivity index (χ3n) is 4.90. The maximum Gasteiger partial charge on any atom is 0.228 e. The average molecular weight is 445 g/mol. The van der Waals surface area contributed by atoms with E-state index in [9.17, 15) is 0 Å². The molecule has 0 radical (unpaired) electrons. The molecule has 2 N–H and O–H groups in total. The molecule has 0 atom stereocenters. The van der Waals surface area contributed by atoms with Crippen molar-refractivity contribution < 1.29 is 9.05 Å². The molecule has 31 heavy (non-hydrogen) atoms. The Morgan fingerprint density at radius 3 is 2.68 bits per heavy atom. The lowest BCUT2D eigenvalue weighted by atomic mass is 9.99. The maximum absolute atomic E-state index is 6.03. The van der Waals surface area contributed by atoms with Crippen molar-refractivity contribution in [3.05, 3.63) is 52.7 Å². The van der Waals surface area contributed by atoms with Gasteiger partial charge < -0.3 is 19.7 Å². The first-order valence-electron chi connectivity index (χ1n) is 10.7. The molecule has 1 aromatic carbocycles. The molecule has 9 heteroatoms. The molecule has 0 bridgehead atoms. The van der Waals surface area contributed by atoms with Gasteiger partial charge in [0.25, 0.3) is 0 Å². The SMILES string of the molecule is CCNC(=NCc1cc(C(CC)CC)no1)NCCc1nc(-c2cccc(Cl)c2)no1. The van der Waals surface area contributed by atoms with Crippen molar-refractivity contribution >= 4 is 17.6 Å². The minimum Gasteiger partial charge on any atom is -0.359 e. The van der Waals surface area contributed by atoms with Crippen molar-refractivity contribution in [1.29, 1.82) is 0 Å². The number of rotatable bonds is 10. The third-order valence-corrected chi connectivity index (χ3v) is 5.14. The number of hydrogen-bond donors (Lipinski definition) is 2. The summed E-state index contributed by atoms with van der Waals surface area (Å²) in [5, 5.41) is 15.4. The van der Waals surface area contributed by atoms with Crippen molar-refractivity contribution in [2.75, 3.05) is 13.1 Å². The summed E-state index contributed by atoms with van der Waals surface area (Å²) >= 11 is 6.03. The van der Waals surface area contributed by atoms with Gasteiger partial charge in [0.15, 0.2) is 11.7 Å². The van der Waals surface area contributed by atoms with Crippen LogP contribution in [0.4, 0.5) is 0 Å². The monoisotopic (exact) mass is 444 g/mol. The van der Waals surface area contributed by atoms with Gasteiger partial charge in [-0.25, -0.2) is 4.99 Å². The van der Waals surface area contributed by atoms with Crippen LogP contribution >= 0.6 is 11.6 Å². The molecule has 8 nitrogen and oxygen atoms in total. The molecule has 0 unspecified atom stereocenters. The zero-order valence-electron chi connectivity index (χ0n) is 18.2. The summed E-state index contributed by atoms with van der Waals surface area (Å²) in [6.45, 7) is 8.11. The number of aromatic nitrogens is 3. The van der Waals surface area contributed by atoms with Gasteiger partial charge in [-0.15, -0.1) is 0 Å². The fourth-order valence-electron chi connectivity index (χ4n) is 3.19.